The topological polar surface area (TPSA) is 60.1 Å². The predicted molar refractivity (Wildman–Crippen MR) is 126 cm³/mol. The highest BCUT2D eigenvalue weighted by atomic mass is 32.1. The van der Waals surface area contributed by atoms with Crippen LogP contribution in [0.1, 0.15) is 43.6 Å². The van der Waals surface area contributed by atoms with Crippen LogP contribution >= 0.6 is 11.3 Å². The zero-order valence-corrected chi connectivity index (χ0v) is 19.3. The van der Waals surface area contributed by atoms with Gasteiger partial charge >= 0.3 is 0 Å². The number of hydrogen-bond donors (Lipinski definition) is 0. The molecule has 1 aliphatic rings. The van der Waals surface area contributed by atoms with Crippen LogP contribution in [0.4, 0.5) is 5.69 Å². The Balaban J connectivity index is 1.58. The highest BCUT2D eigenvalue weighted by Crippen LogP contribution is 2.43. The van der Waals surface area contributed by atoms with Gasteiger partial charge in [-0.3, -0.25) is 9.59 Å². The van der Waals surface area contributed by atoms with Crippen LogP contribution < -0.4 is 10.5 Å². The van der Waals surface area contributed by atoms with Crippen LogP contribution in [0.2, 0.25) is 0 Å². The average Bonchev–Trinajstić information content (AvgIpc) is 3.20. The number of thiophene rings is 1. The molecule has 0 fully saturated rings. The van der Waals surface area contributed by atoms with Gasteiger partial charge in [-0.15, -0.1) is 11.3 Å². The van der Waals surface area contributed by atoms with Crippen molar-refractivity contribution in [2.24, 2.45) is 7.05 Å². The second-order valence-electron chi connectivity index (χ2n) is 9.21. The minimum Gasteiger partial charge on any atom is -0.338 e. The highest BCUT2D eigenvalue weighted by molar-refractivity contribution is 7.20. The Morgan fingerprint density at radius 3 is 2.81 bits per heavy atom. The highest BCUT2D eigenvalue weighted by Gasteiger charge is 2.39. The smallest absolute Gasteiger partial charge is 0.291 e. The Kier molecular flexibility index (Phi) is 4.38. The Morgan fingerprint density at radius 2 is 2.03 bits per heavy atom. The van der Waals surface area contributed by atoms with E-state index < -0.39 is 0 Å². The summed E-state index contributed by atoms with van der Waals surface area (Å²) in [5.41, 5.74) is 3.15. The van der Waals surface area contributed by atoms with Gasteiger partial charge in [0.2, 0.25) is 5.91 Å². The summed E-state index contributed by atoms with van der Waals surface area (Å²) in [4.78, 5) is 29.9. The molecule has 1 atom stereocenters. The summed E-state index contributed by atoms with van der Waals surface area (Å²) in [6.45, 7) is 8.35. The molecule has 31 heavy (non-hydrogen) atoms. The van der Waals surface area contributed by atoms with Gasteiger partial charge in [-0.05, 0) is 50.8 Å². The molecule has 3 aromatic heterocycles. The molecule has 0 unspecified atom stereocenters. The van der Waals surface area contributed by atoms with E-state index in [-0.39, 0.29) is 23.6 Å². The van der Waals surface area contributed by atoms with Gasteiger partial charge in [-0.2, -0.15) is 5.10 Å². The molecule has 4 aromatic rings. The van der Waals surface area contributed by atoms with Crippen LogP contribution in [-0.4, -0.2) is 25.8 Å². The molecular formula is C24H26N4O2S. The normalized spacial score (nSPS) is 18.0. The third-order valence-electron chi connectivity index (χ3n) is 6.45. The molecule has 0 bridgehead atoms. The summed E-state index contributed by atoms with van der Waals surface area (Å²) in [6.07, 6.45) is 2.59. The number of hydrogen-bond acceptors (Lipinski definition) is 4. The fourth-order valence-corrected chi connectivity index (χ4v) is 6.25. The number of carbonyl (C=O) groups excluding carboxylic acids is 1. The van der Waals surface area contributed by atoms with Gasteiger partial charge in [0.25, 0.3) is 5.56 Å². The molecule has 1 aromatic carbocycles. The Labute approximate surface area is 184 Å². The van der Waals surface area contributed by atoms with E-state index in [1.54, 1.807) is 17.5 Å². The lowest BCUT2D eigenvalue weighted by molar-refractivity contribution is -0.120. The van der Waals surface area contributed by atoms with E-state index in [0.29, 0.717) is 11.4 Å². The zero-order chi connectivity index (χ0) is 22.1. The van der Waals surface area contributed by atoms with E-state index >= 15 is 0 Å². The first-order valence-corrected chi connectivity index (χ1v) is 11.4. The monoisotopic (exact) mass is 434 g/mol. The van der Waals surface area contributed by atoms with Crippen molar-refractivity contribution < 1.29 is 4.79 Å². The van der Waals surface area contributed by atoms with Gasteiger partial charge in [0.15, 0.2) is 0 Å². The molecule has 0 spiro atoms. The van der Waals surface area contributed by atoms with E-state index in [1.807, 2.05) is 34.7 Å². The maximum atomic E-state index is 13.5. The molecule has 7 heteroatoms. The summed E-state index contributed by atoms with van der Waals surface area (Å²) < 4.78 is 4.29. The standard InChI is InChI=1S/C24H26N4O2S/c1-14-11-24(3,4)28(18-9-7-6-8-16(14)18)20(29)13-27-23(30)21-17(12-25-27)22-19(26(21)5)10-15(2)31-22/h6-10,12,14H,11,13H2,1-5H3/t14-/m0/s1. The minimum atomic E-state index is -0.344. The number of para-hydroxylation sites is 1. The summed E-state index contributed by atoms with van der Waals surface area (Å²) in [5, 5.41) is 5.23. The number of aryl methyl sites for hydroxylation is 2. The Bertz CT molecular complexity index is 1410. The van der Waals surface area contributed by atoms with E-state index in [0.717, 1.165) is 27.7 Å². The van der Waals surface area contributed by atoms with Gasteiger partial charge in [0, 0.05) is 28.5 Å². The minimum absolute atomic E-state index is 0.0845. The molecule has 0 radical (unpaired) electrons. The summed E-state index contributed by atoms with van der Waals surface area (Å²) in [5.74, 6) is 0.248. The van der Waals surface area contributed by atoms with Crippen LogP contribution in [-0.2, 0) is 18.4 Å². The maximum Gasteiger partial charge on any atom is 0.291 e. The lowest BCUT2D eigenvalue weighted by atomic mass is 9.80. The van der Waals surface area contributed by atoms with Crippen molar-refractivity contribution in [3.05, 3.63) is 57.3 Å². The van der Waals surface area contributed by atoms with Crippen molar-refractivity contribution in [3.8, 4) is 0 Å². The van der Waals surface area contributed by atoms with Gasteiger partial charge in [0.1, 0.15) is 12.1 Å². The number of amides is 1. The van der Waals surface area contributed by atoms with Crippen LogP contribution in [0.3, 0.4) is 0 Å². The number of aromatic nitrogens is 3. The SMILES string of the molecule is Cc1cc2c(s1)c1cnn(CC(=O)N3c4ccccc4[C@@H](C)CC3(C)C)c(=O)c1n2C. The summed E-state index contributed by atoms with van der Waals surface area (Å²) in [7, 11) is 1.90. The molecule has 0 saturated heterocycles. The first kappa shape index (κ1) is 20.0. The fourth-order valence-electron chi connectivity index (χ4n) is 5.20. The summed E-state index contributed by atoms with van der Waals surface area (Å²) >= 11 is 1.66. The molecule has 0 N–H and O–H groups in total. The quantitative estimate of drug-likeness (QED) is 0.464. The summed E-state index contributed by atoms with van der Waals surface area (Å²) in [6, 6.07) is 10.1. The van der Waals surface area contributed by atoms with Crippen molar-refractivity contribution in [3.63, 3.8) is 0 Å². The number of fused-ring (bicyclic) bond motifs is 4. The molecule has 160 valence electrons. The number of rotatable bonds is 2. The second kappa shape index (κ2) is 6.79. The van der Waals surface area contributed by atoms with E-state index in [2.05, 4.69) is 44.9 Å². The fraction of sp³-hybridized carbons (Fsp3) is 0.375. The van der Waals surface area contributed by atoms with Crippen molar-refractivity contribution in [1.82, 2.24) is 14.3 Å². The molecule has 0 saturated carbocycles. The number of anilines is 1. The number of nitrogens with zero attached hydrogens (tertiary/aromatic N) is 4. The molecule has 6 nitrogen and oxygen atoms in total. The third-order valence-corrected chi connectivity index (χ3v) is 7.52. The van der Waals surface area contributed by atoms with E-state index in [1.165, 1.54) is 15.1 Å². The average molecular weight is 435 g/mol. The number of carbonyl (C=O) groups is 1. The van der Waals surface area contributed by atoms with Crippen molar-refractivity contribution in [2.45, 2.75) is 52.1 Å². The van der Waals surface area contributed by atoms with E-state index in [9.17, 15) is 9.59 Å². The molecule has 1 amide bonds. The lowest BCUT2D eigenvalue weighted by Crippen LogP contribution is -2.53. The third kappa shape index (κ3) is 2.94. The van der Waals surface area contributed by atoms with Crippen LogP contribution in [0.5, 0.6) is 0 Å². The van der Waals surface area contributed by atoms with Gasteiger partial charge in [-0.1, -0.05) is 25.1 Å². The van der Waals surface area contributed by atoms with Crippen LogP contribution in [0.15, 0.2) is 41.3 Å². The first-order chi connectivity index (χ1) is 14.7. The van der Waals surface area contributed by atoms with Crippen molar-refractivity contribution >= 4 is 44.1 Å². The van der Waals surface area contributed by atoms with Crippen LogP contribution in [0.25, 0.3) is 21.1 Å². The first-order valence-electron chi connectivity index (χ1n) is 10.6. The zero-order valence-electron chi connectivity index (χ0n) is 18.5. The number of benzene rings is 1. The van der Waals surface area contributed by atoms with Gasteiger partial charge in [0.05, 0.1) is 16.4 Å². The van der Waals surface area contributed by atoms with Gasteiger partial charge < -0.3 is 9.47 Å². The Morgan fingerprint density at radius 1 is 1.29 bits per heavy atom. The Hall–Kier alpha value is -2.93. The van der Waals surface area contributed by atoms with Gasteiger partial charge in [-0.25, -0.2) is 4.68 Å². The largest absolute Gasteiger partial charge is 0.338 e. The molecule has 0 aliphatic carbocycles. The molecule has 5 rings (SSSR count). The molecule has 4 heterocycles. The van der Waals surface area contributed by atoms with Crippen LogP contribution in [0, 0.1) is 6.92 Å². The molecular weight excluding hydrogens is 408 g/mol. The van der Waals surface area contributed by atoms with Crippen molar-refractivity contribution in [2.75, 3.05) is 4.90 Å². The second-order valence-corrected chi connectivity index (χ2v) is 10.5. The maximum absolute atomic E-state index is 13.5. The van der Waals surface area contributed by atoms with E-state index in [4.69, 9.17) is 0 Å². The van der Waals surface area contributed by atoms with Crippen molar-refractivity contribution in [1.29, 1.82) is 0 Å². The molecule has 1 aliphatic heterocycles. The lowest BCUT2D eigenvalue weighted by Gasteiger charge is -2.46. The predicted octanol–water partition coefficient (Wildman–Crippen LogP) is 4.58.